The van der Waals surface area contributed by atoms with E-state index in [1.54, 1.807) is 19.2 Å². The molecule has 0 aliphatic carbocycles. The Balaban J connectivity index is 3.02. The van der Waals surface area contributed by atoms with Crippen molar-refractivity contribution < 1.29 is 9.53 Å². The molecule has 1 rings (SSSR count). The van der Waals surface area contributed by atoms with Crippen molar-refractivity contribution in [2.24, 2.45) is 0 Å². The molecule has 0 spiro atoms. The average molecular weight is 279 g/mol. The molecule has 1 aromatic heterocycles. The molecule has 0 radical (unpaired) electrons. The third-order valence-electron chi connectivity index (χ3n) is 3.40. The lowest BCUT2D eigenvalue weighted by Crippen LogP contribution is -2.41. The minimum Gasteiger partial charge on any atom is -0.384 e. The predicted molar refractivity (Wildman–Crippen MR) is 80.7 cm³/mol. The van der Waals surface area contributed by atoms with E-state index in [2.05, 4.69) is 18.8 Å². The molecular weight excluding hydrogens is 254 g/mol. The van der Waals surface area contributed by atoms with Crippen LogP contribution in [0.4, 0.5) is 5.82 Å². The highest BCUT2D eigenvalue weighted by Crippen LogP contribution is 2.15. The second-order valence-corrected chi connectivity index (χ2v) is 4.88. The Labute approximate surface area is 121 Å². The zero-order valence-electron chi connectivity index (χ0n) is 12.8. The first-order chi connectivity index (χ1) is 9.53. The molecule has 0 fully saturated rings. The van der Waals surface area contributed by atoms with Crippen molar-refractivity contribution in [3.8, 4) is 0 Å². The van der Waals surface area contributed by atoms with Gasteiger partial charge in [-0.25, -0.2) is 4.98 Å². The number of pyridine rings is 1. The van der Waals surface area contributed by atoms with Gasteiger partial charge >= 0.3 is 0 Å². The number of hydrogen-bond acceptors (Lipinski definition) is 4. The van der Waals surface area contributed by atoms with Gasteiger partial charge in [0.05, 0.1) is 6.61 Å². The Morgan fingerprint density at radius 2 is 2.05 bits per heavy atom. The number of nitrogens with zero attached hydrogens (tertiary/aromatic N) is 2. The summed E-state index contributed by atoms with van der Waals surface area (Å²) in [6, 6.07) is 3.63. The van der Waals surface area contributed by atoms with Crippen LogP contribution in [-0.2, 0) is 4.74 Å². The number of rotatable bonds is 7. The summed E-state index contributed by atoms with van der Waals surface area (Å²) in [4.78, 5) is 18.7. The minimum atomic E-state index is -0.00653. The summed E-state index contributed by atoms with van der Waals surface area (Å²) < 4.78 is 5.11. The lowest BCUT2D eigenvalue weighted by atomic mass is 10.1. The second kappa shape index (κ2) is 7.85. The van der Waals surface area contributed by atoms with Crippen LogP contribution in [0.25, 0.3) is 0 Å². The fourth-order valence-electron chi connectivity index (χ4n) is 2.35. The fraction of sp³-hybridized carbons (Fsp3) is 0.600. The maximum Gasteiger partial charge on any atom is 0.254 e. The molecule has 1 aromatic rings. The van der Waals surface area contributed by atoms with Gasteiger partial charge in [0.1, 0.15) is 5.82 Å². The second-order valence-electron chi connectivity index (χ2n) is 4.88. The van der Waals surface area contributed by atoms with Crippen LogP contribution in [0.1, 0.15) is 42.7 Å². The topological polar surface area (TPSA) is 68.5 Å². The van der Waals surface area contributed by atoms with Crippen LogP contribution in [0.3, 0.4) is 0 Å². The summed E-state index contributed by atoms with van der Waals surface area (Å²) in [6.45, 7) is 7.13. The lowest BCUT2D eigenvalue weighted by Gasteiger charge is -2.30. The molecule has 0 unspecified atom stereocenters. The maximum absolute atomic E-state index is 12.7. The maximum atomic E-state index is 12.7. The summed E-state index contributed by atoms with van der Waals surface area (Å²) >= 11 is 0. The zero-order chi connectivity index (χ0) is 15.1. The summed E-state index contributed by atoms with van der Waals surface area (Å²) in [5.74, 6) is 0.373. The smallest absolute Gasteiger partial charge is 0.254 e. The molecule has 1 heterocycles. The number of methoxy groups -OCH3 is 1. The molecule has 1 amide bonds. The number of hydrogen-bond donors (Lipinski definition) is 1. The van der Waals surface area contributed by atoms with Crippen LogP contribution in [0, 0.1) is 6.92 Å². The van der Waals surface area contributed by atoms with Crippen LogP contribution in [0.15, 0.2) is 12.1 Å². The van der Waals surface area contributed by atoms with Gasteiger partial charge in [0, 0.05) is 31.0 Å². The highest BCUT2D eigenvalue weighted by molar-refractivity contribution is 5.95. The lowest BCUT2D eigenvalue weighted by molar-refractivity contribution is 0.0589. The van der Waals surface area contributed by atoms with Gasteiger partial charge in [-0.1, -0.05) is 13.8 Å². The quantitative estimate of drug-likeness (QED) is 0.831. The molecule has 0 saturated heterocycles. The van der Waals surface area contributed by atoms with Gasteiger partial charge in [-0.15, -0.1) is 0 Å². The van der Waals surface area contributed by atoms with Gasteiger partial charge in [-0.3, -0.25) is 4.79 Å². The largest absolute Gasteiger partial charge is 0.384 e. The van der Waals surface area contributed by atoms with Crippen molar-refractivity contribution in [3.05, 3.63) is 23.4 Å². The first-order valence-corrected chi connectivity index (χ1v) is 7.07. The number of aromatic nitrogens is 1. The number of nitrogen functional groups attached to an aromatic ring is 1. The summed E-state index contributed by atoms with van der Waals surface area (Å²) in [5, 5.41) is 0. The van der Waals surface area contributed by atoms with Crippen LogP contribution in [0.2, 0.25) is 0 Å². The van der Waals surface area contributed by atoms with Crippen molar-refractivity contribution in [2.75, 3.05) is 26.0 Å². The van der Waals surface area contributed by atoms with Crippen LogP contribution in [0.5, 0.6) is 0 Å². The Bertz CT molecular complexity index is 424. The summed E-state index contributed by atoms with van der Waals surface area (Å²) in [7, 11) is 1.64. The number of nitrogens with two attached hydrogens (primary N) is 1. The van der Waals surface area contributed by atoms with Gasteiger partial charge in [0.25, 0.3) is 5.91 Å². The Morgan fingerprint density at radius 3 is 2.55 bits per heavy atom. The van der Waals surface area contributed by atoms with E-state index in [1.807, 2.05) is 11.8 Å². The zero-order valence-corrected chi connectivity index (χ0v) is 12.8. The normalized spacial score (nSPS) is 10.8. The number of amides is 1. The molecule has 0 bridgehead atoms. The van der Waals surface area contributed by atoms with Crippen molar-refractivity contribution >= 4 is 11.7 Å². The van der Waals surface area contributed by atoms with Gasteiger partial charge in [0.15, 0.2) is 0 Å². The van der Waals surface area contributed by atoms with Crippen molar-refractivity contribution in [1.29, 1.82) is 0 Å². The van der Waals surface area contributed by atoms with Gasteiger partial charge in [0.2, 0.25) is 0 Å². The number of carbonyl (C=O) groups is 1. The molecule has 0 aliphatic heterocycles. The number of anilines is 1. The molecule has 20 heavy (non-hydrogen) atoms. The Hall–Kier alpha value is -1.62. The van der Waals surface area contributed by atoms with Crippen LogP contribution in [-0.4, -0.2) is 42.1 Å². The SMILES string of the molecule is CCC(CC)N(CCOC)C(=O)c1cc(C)nc(N)c1. The first-order valence-electron chi connectivity index (χ1n) is 7.07. The molecule has 5 heteroatoms. The van der Waals surface area contributed by atoms with E-state index in [9.17, 15) is 4.79 Å². The predicted octanol–water partition coefficient (Wildman–Crippen LogP) is 2.25. The summed E-state index contributed by atoms with van der Waals surface area (Å²) in [6.07, 6.45) is 1.84. The molecule has 0 aromatic carbocycles. The molecule has 0 atom stereocenters. The standard InChI is InChI=1S/C15H25N3O2/c1-5-13(6-2)18(7-8-20-4)15(19)12-9-11(3)17-14(16)10-12/h9-10,13H,5-8H2,1-4H3,(H2,16,17). The Kier molecular flexibility index (Phi) is 6.45. The van der Waals surface area contributed by atoms with Crippen molar-refractivity contribution in [2.45, 2.75) is 39.7 Å². The van der Waals surface area contributed by atoms with E-state index in [4.69, 9.17) is 10.5 Å². The van der Waals surface area contributed by atoms with Crippen molar-refractivity contribution in [3.63, 3.8) is 0 Å². The first kappa shape index (κ1) is 16.4. The minimum absolute atomic E-state index is 0.00653. The van der Waals surface area contributed by atoms with E-state index in [1.165, 1.54) is 0 Å². The monoisotopic (exact) mass is 279 g/mol. The molecule has 0 saturated carbocycles. The number of ether oxygens (including phenoxy) is 1. The van der Waals surface area contributed by atoms with Gasteiger partial charge < -0.3 is 15.4 Å². The van der Waals surface area contributed by atoms with Gasteiger partial charge in [-0.2, -0.15) is 0 Å². The highest BCUT2D eigenvalue weighted by atomic mass is 16.5. The Morgan fingerprint density at radius 1 is 1.40 bits per heavy atom. The molecule has 0 aliphatic rings. The van der Waals surface area contributed by atoms with E-state index < -0.39 is 0 Å². The third kappa shape index (κ3) is 4.20. The van der Waals surface area contributed by atoms with Crippen molar-refractivity contribution in [1.82, 2.24) is 9.88 Å². The van der Waals surface area contributed by atoms with E-state index >= 15 is 0 Å². The number of carbonyl (C=O) groups excluding carboxylic acids is 1. The highest BCUT2D eigenvalue weighted by Gasteiger charge is 2.22. The molecular formula is C15H25N3O2. The van der Waals surface area contributed by atoms with Crippen LogP contribution >= 0.6 is 0 Å². The van der Waals surface area contributed by atoms with Gasteiger partial charge in [-0.05, 0) is 31.9 Å². The summed E-state index contributed by atoms with van der Waals surface area (Å²) in [5.41, 5.74) is 7.08. The molecule has 5 nitrogen and oxygen atoms in total. The molecule has 112 valence electrons. The molecule has 2 N–H and O–H groups in total. The van der Waals surface area contributed by atoms with E-state index in [0.29, 0.717) is 24.5 Å². The van der Waals surface area contributed by atoms with E-state index in [-0.39, 0.29) is 11.9 Å². The average Bonchev–Trinajstić information content (AvgIpc) is 2.41. The number of aryl methyl sites for hydroxylation is 1. The fourth-order valence-corrected chi connectivity index (χ4v) is 2.35. The van der Waals surface area contributed by atoms with E-state index in [0.717, 1.165) is 18.5 Å². The van der Waals surface area contributed by atoms with Crippen LogP contribution < -0.4 is 5.73 Å². The third-order valence-corrected chi connectivity index (χ3v) is 3.40.